The molecule has 4 heterocycles. The minimum absolute atomic E-state index is 0.190. The van der Waals surface area contributed by atoms with Crippen molar-refractivity contribution in [3.05, 3.63) is 125 Å². The summed E-state index contributed by atoms with van der Waals surface area (Å²) < 4.78 is 11.0. The van der Waals surface area contributed by atoms with E-state index in [1.807, 2.05) is 65.7 Å². The van der Waals surface area contributed by atoms with Crippen molar-refractivity contribution in [2.45, 2.75) is 17.5 Å². The van der Waals surface area contributed by atoms with Gasteiger partial charge >= 0.3 is 0 Å². The van der Waals surface area contributed by atoms with E-state index in [9.17, 15) is 14.4 Å². The van der Waals surface area contributed by atoms with Gasteiger partial charge in [-0.1, -0.05) is 48.5 Å². The lowest BCUT2D eigenvalue weighted by Crippen LogP contribution is -2.49. The van der Waals surface area contributed by atoms with E-state index in [4.69, 9.17) is 9.47 Å². The van der Waals surface area contributed by atoms with Crippen LogP contribution in [-0.4, -0.2) is 47.6 Å². The Morgan fingerprint density at radius 1 is 0.905 bits per heavy atom. The van der Waals surface area contributed by atoms with E-state index in [-0.39, 0.29) is 28.7 Å². The van der Waals surface area contributed by atoms with E-state index in [1.165, 1.54) is 14.2 Å². The van der Waals surface area contributed by atoms with E-state index >= 15 is 0 Å². The molecule has 1 aromatic heterocycles. The van der Waals surface area contributed by atoms with Crippen LogP contribution in [0.15, 0.2) is 97.3 Å². The molecular formula is C34H27N3O5. The monoisotopic (exact) mass is 557 g/mol. The van der Waals surface area contributed by atoms with Gasteiger partial charge in [-0.25, -0.2) is 0 Å². The molecule has 3 aromatic carbocycles. The van der Waals surface area contributed by atoms with Crippen molar-refractivity contribution in [2.75, 3.05) is 19.5 Å². The van der Waals surface area contributed by atoms with Gasteiger partial charge < -0.3 is 19.7 Å². The Morgan fingerprint density at radius 2 is 1.69 bits per heavy atom. The maximum Gasteiger partial charge on any atom is 0.238 e. The molecule has 0 radical (unpaired) electrons. The molecule has 0 aliphatic carbocycles. The number of fused-ring (bicyclic) bond motifs is 6. The van der Waals surface area contributed by atoms with Gasteiger partial charge in [0.25, 0.3) is 0 Å². The predicted molar refractivity (Wildman–Crippen MR) is 157 cm³/mol. The second-order valence-corrected chi connectivity index (χ2v) is 10.6. The summed E-state index contributed by atoms with van der Waals surface area (Å²) in [4.78, 5) is 50.3. The number of carbonyl (C=O) groups excluding carboxylic acids is 3. The fraction of sp³-hybridized carbons (Fsp3) is 0.176. The Kier molecular flexibility index (Phi) is 5.93. The molecule has 4 atom stereocenters. The number of nitrogens with one attached hydrogen (secondary N) is 1. The van der Waals surface area contributed by atoms with Gasteiger partial charge in [0.1, 0.15) is 28.6 Å². The van der Waals surface area contributed by atoms with Crippen LogP contribution in [0.1, 0.15) is 43.6 Å². The summed E-state index contributed by atoms with van der Waals surface area (Å²) in [5.74, 6) is -1.31. The molecule has 8 heteroatoms. The SMILES string of the molecule is COc1ccc(C(=O)C2C(C(=O)c3ccccn3)C3(C(=O)Nc4ccccc43)C3c4ccccc4C=CN23)c(OC)c1. The summed E-state index contributed by atoms with van der Waals surface area (Å²) in [6.07, 6.45) is 5.31. The first-order valence-corrected chi connectivity index (χ1v) is 13.7. The first-order valence-electron chi connectivity index (χ1n) is 13.7. The van der Waals surface area contributed by atoms with Crippen LogP contribution >= 0.6 is 0 Å². The number of ether oxygens (including phenoxy) is 2. The minimum Gasteiger partial charge on any atom is -0.497 e. The Labute approximate surface area is 242 Å². The summed E-state index contributed by atoms with van der Waals surface area (Å²) in [6, 6.07) is 23.6. The molecular weight excluding hydrogens is 530 g/mol. The second-order valence-electron chi connectivity index (χ2n) is 10.6. The highest BCUT2D eigenvalue weighted by atomic mass is 16.5. The van der Waals surface area contributed by atoms with Gasteiger partial charge in [-0.3, -0.25) is 19.4 Å². The number of methoxy groups -OCH3 is 2. The number of benzene rings is 3. The predicted octanol–water partition coefficient (Wildman–Crippen LogP) is 5.08. The number of aromatic nitrogens is 1. The van der Waals surface area contributed by atoms with Crippen molar-refractivity contribution < 1.29 is 23.9 Å². The zero-order chi connectivity index (χ0) is 29.0. The van der Waals surface area contributed by atoms with E-state index < -0.39 is 23.4 Å². The van der Waals surface area contributed by atoms with Gasteiger partial charge in [0.05, 0.1) is 31.7 Å². The third-order valence-electron chi connectivity index (χ3n) is 8.71. The third kappa shape index (κ3) is 3.48. The standard InChI is InChI=1S/C34H27N3O5/c1-41-21-14-15-23(27(19-21)42-2)30(38)29-28(31(39)26-13-7-8-17-35-26)34(24-11-5-6-12-25(24)36-33(34)40)32-22-10-4-3-9-20(22)16-18-37(29)32/h3-19,28-29,32H,1-2H3,(H,36,40). The van der Waals surface area contributed by atoms with Crippen molar-refractivity contribution in [1.29, 1.82) is 0 Å². The van der Waals surface area contributed by atoms with Crippen LogP contribution < -0.4 is 14.8 Å². The van der Waals surface area contributed by atoms with Crippen molar-refractivity contribution in [2.24, 2.45) is 5.92 Å². The number of Topliss-reactive ketones (excluding diaryl/α,β-unsaturated/α-hetero) is 2. The largest absolute Gasteiger partial charge is 0.497 e. The quantitative estimate of drug-likeness (QED) is 0.330. The van der Waals surface area contributed by atoms with Gasteiger partial charge in [-0.2, -0.15) is 0 Å². The maximum atomic E-state index is 14.8. The number of anilines is 1. The Bertz CT molecular complexity index is 1790. The van der Waals surface area contributed by atoms with E-state index in [0.717, 1.165) is 11.1 Å². The van der Waals surface area contributed by atoms with Gasteiger partial charge in [0, 0.05) is 24.2 Å². The molecule has 3 aliphatic rings. The van der Waals surface area contributed by atoms with Crippen molar-refractivity contribution in [3.63, 3.8) is 0 Å². The number of rotatable bonds is 6. The van der Waals surface area contributed by atoms with Gasteiger partial charge in [-0.15, -0.1) is 0 Å². The highest BCUT2D eigenvalue weighted by Gasteiger charge is 2.71. The summed E-state index contributed by atoms with van der Waals surface area (Å²) in [5.41, 5.74) is 2.15. The molecule has 7 rings (SSSR count). The van der Waals surface area contributed by atoms with Crippen LogP contribution in [0.25, 0.3) is 6.08 Å². The number of hydrogen-bond acceptors (Lipinski definition) is 7. The molecule has 1 spiro atoms. The number of amides is 1. The van der Waals surface area contributed by atoms with Crippen LogP contribution in [0.4, 0.5) is 5.69 Å². The van der Waals surface area contributed by atoms with E-state index in [0.29, 0.717) is 22.7 Å². The average Bonchev–Trinajstić information content (AvgIpc) is 3.52. The molecule has 4 unspecified atom stereocenters. The van der Waals surface area contributed by atoms with Crippen LogP contribution in [0.5, 0.6) is 11.5 Å². The van der Waals surface area contributed by atoms with E-state index in [2.05, 4.69) is 10.3 Å². The van der Waals surface area contributed by atoms with Gasteiger partial charge in [0.2, 0.25) is 5.91 Å². The van der Waals surface area contributed by atoms with Crippen LogP contribution in [0.3, 0.4) is 0 Å². The number of para-hydroxylation sites is 1. The number of carbonyl (C=O) groups is 3. The molecule has 1 fully saturated rings. The summed E-state index contributed by atoms with van der Waals surface area (Å²) in [6.45, 7) is 0. The van der Waals surface area contributed by atoms with Crippen molar-refractivity contribution >= 4 is 29.2 Å². The second kappa shape index (κ2) is 9.69. The van der Waals surface area contributed by atoms with Gasteiger partial charge in [-0.05, 0) is 53.1 Å². The molecule has 208 valence electrons. The molecule has 0 bridgehead atoms. The molecule has 1 saturated heterocycles. The number of nitrogens with zero attached hydrogens (tertiary/aromatic N) is 2. The minimum atomic E-state index is -1.42. The first kappa shape index (κ1) is 25.7. The molecule has 0 saturated carbocycles. The summed E-state index contributed by atoms with van der Waals surface area (Å²) >= 11 is 0. The smallest absolute Gasteiger partial charge is 0.238 e. The maximum absolute atomic E-state index is 14.8. The van der Waals surface area contributed by atoms with Crippen LogP contribution in [0.2, 0.25) is 0 Å². The number of pyridine rings is 1. The average molecular weight is 558 g/mol. The molecule has 1 amide bonds. The zero-order valence-electron chi connectivity index (χ0n) is 23.0. The molecule has 8 nitrogen and oxygen atoms in total. The number of ketones is 2. The van der Waals surface area contributed by atoms with Gasteiger partial charge in [0.15, 0.2) is 11.6 Å². The first-order chi connectivity index (χ1) is 20.5. The fourth-order valence-electron chi connectivity index (χ4n) is 7.00. The van der Waals surface area contributed by atoms with Crippen molar-refractivity contribution in [1.82, 2.24) is 9.88 Å². The summed E-state index contributed by atoms with van der Waals surface area (Å²) in [7, 11) is 3.02. The van der Waals surface area contributed by atoms with Crippen LogP contribution in [-0.2, 0) is 10.2 Å². The highest BCUT2D eigenvalue weighted by Crippen LogP contribution is 2.62. The van der Waals surface area contributed by atoms with E-state index in [1.54, 1.807) is 42.6 Å². The lowest BCUT2D eigenvalue weighted by molar-refractivity contribution is -0.122. The lowest BCUT2D eigenvalue weighted by Gasteiger charge is -2.38. The highest BCUT2D eigenvalue weighted by molar-refractivity contribution is 6.16. The molecule has 3 aliphatic heterocycles. The third-order valence-corrected chi connectivity index (χ3v) is 8.71. The molecule has 1 N–H and O–H groups in total. The molecule has 4 aromatic rings. The Morgan fingerprint density at radius 3 is 2.48 bits per heavy atom. The number of hydrogen-bond donors (Lipinski definition) is 1. The molecule has 42 heavy (non-hydrogen) atoms. The Balaban J connectivity index is 1.53. The van der Waals surface area contributed by atoms with Crippen molar-refractivity contribution in [3.8, 4) is 11.5 Å². The topological polar surface area (TPSA) is 97.8 Å². The van der Waals surface area contributed by atoms with Crippen LogP contribution in [0, 0.1) is 5.92 Å². The summed E-state index contributed by atoms with van der Waals surface area (Å²) in [5, 5.41) is 3.05. The lowest BCUT2D eigenvalue weighted by atomic mass is 9.63. The Hall–Kier alpha value is -5.24. The fourth-order valence-corrected chi connectivity index (χ4v) is 7.00. The normalized spacial score (nSPS) is 23.1. The zero-order valence-corrected chi connectivity index (χ0v) is 23.0.